The summed E-state index contributed by atoms with van der Waals surface area (Å²) in [6, 6.07) is 2.43. The zero-order valence-corrected chi connectivity index (χ0v) is 9.81. The fourth-order valence-electron chi connectivity index (χ4n) is 2.18. The molecule has 1 N–H and O–H groups in total. The van der Waals surface area contributed by atoms with Crippen LogP contribution in [0.4, 0.5) is 5.82 Å². The van der Waals surface area contributed by atoms with Crippen LogP contribution in [0.25, 0.3) is 0 Å². The van der Waals surface area contributed by atoms with Crippen molar-refractivity contribution >= 4 is 5.82 Å². The van der Waals surface area contributed by atoms with Gasteiger partial charge in [-0.05, 0) is 19.9 Å². The summed E-state index contributed by atoms with van der Waals surface area (Å²) in [5.74, 6) is 1.59. The Labute approximate surface area is 95.8 Å². The molecule has 5 heteroatoms. The van der Waals surface area contributed by atoms with Crippen LogP contribution in [-0.4, -0.2) is 43.3 Å². The highest BCUT2D eigenvalue weighted by Gasteiger charge is 2.25. The second-order valence-corrected chi connectivity index (χ2v) is 3.97. The number of aromatic nitrogens is 2. The summed E-state index contributed by atoms with van der Waals surface area (Å²) < 4.78 is 5.12. The van der Waals surface area contributed by atoms with Crippen LogP contribution in [0.3, 0.4) is 0 Å². The average Bonchev–Trinajstić information content (AvgIpc) is 2.78. The summed E-state index contributed by atoms with van der Waals surface area (Å²) in [4.78, 5) is 10.7. The molecular weight excluding hydrogens is 204 g/mol. The number of anilines is 1. The maximum absolute atomic E-state index is 5.12. The second-order valence-electron chi connectivity index (χ2n) is 3.97. The molecule has 0 amide bonds. The predicted octanol–water partition coefficient (Wildman–Crippen LogP) is 0.673. The van der Waals surface area contributed by atoms with Gasteiger partial charge in [-0.15, -0.1) is 0 Å². The van der Waals surface area contributed by atoms with Crippen LogP contribution < -0.4 is 15.0 Å². The Balaban J connectivity index is 2.15. The van der Waals surface area contributed by atoms with Gasteiger partial charge in [-0.1, -0.05) is 0 Å². The maximum Gasteiger partial charge on any atom is 0.218 e. The first-order valence-electron chi connectivity index (χ1n) is 5.62. The molecule has 0 radical (unpaired) electrons. The first-order valence-corrected chi connectivity index (χ1v) is 5.62. The van der Waals surface area contributed by atoms with E-state index in [9.17, 15) is 0 Å². The van der Waals surface area contributed by atoms with Gasteiger partial charge in [0.25, 0.3) is 0 Å². The first kappa shape index (κ1) is 11.1. The van der Waals surface area contributed by atoms with Crippen molar-refractivity contribution in [2.45, 2.75) is 18.9 Å². The number of hydrogen-bond donors (Lipinski definition) is 1. The topological polar surface area (TPSA) is 50.3 Å². The van der Waals surface area contributed by atoms with E-state index >= 15 is 0 Å². The SMILES string of the molecule is CNCC1CCCN1c1cc(OC)ncn1. The monoisotopic (exact) mass is 222 g/mol. The van der Waals surface area contributed by atoms with Crippen LogP contribution in [0.2, 0.25) is 0 Å². The molecule has 1 atom stereocenters. The van der Waals surface area contributed by atoms with Gasteiger partial charge in [0.05, 0.1) is 7.11 Å². The molecule has 0 spiro atoms. The molecule has 2 rings (SSSR count). The van der Waals surface area contributed by atoms with Crippen molar-refractivity contribution in [1.82, 2.24) is 15.3 Å². The number of methoxy groups -OCH3 is 1. The number of nitrogens with one attached hydrogen (secondary N) is 1. The summed E-state index contributed by atoms with van der Waals surface area (Å²) in [5, 5.41) is 3.22. The van der Waals surface area contributed by atoms with Crippen molar-refractivity contribution < 1.29 is 4.74 Å². The number of rotatable bonds is 4. The summed E-state index contributed by atoms with van der Waals surface area (Å²) in [6.45, 7) is 2.05. The van der Waals surface area contributed by atoms with Gasteiger partial charge >= 0.3 is 0 Å². The van der Waals surface area contributed by atoms with E-state index in [1.807, 2.05) is 13.1 Å². The van der Waals surface area contributed by atoms with E-state index in [1.165, 1.54) is 12.8 Å². The molecule has 1 aromatic heterocycles. The first-order chi connectivity index (χ1) is 7.85. The second kappa shape index (κ2) is 5.12. The third-order valence-corrected chi connectivity index (χ3v) is 2.95. The Kier molecular flexibility index (Phi) is 3.56. The lowest BCUT2D eigenvalue weighted by molar-refractivity contribution is 0.396. The van der Waals surface area contributed by atoms with Gasteiger partial charge in [0.2, 0.25) is 5.88 Å². The lowest BCUT2D eigenvalue weighted by atomic mass is 10.2. The van der Waals surface area contributed by atoms with Crippen LogP contribution >= 0.6 is 0 Å². The molecule has 1 aromatic rings. The molecule has 0 aliphatic carbocycles. The molecule has 88 valence electrons. The summed E-state index contributed by atoms with van der Waals surface area (Å²) in [7, 11) is 3.61. The zero-order chi connectivity index (χ0) is 11.4. The van der Waals surface area contributed by atoms with Crippen LogP contribution in [0.15, 0.2) is 12.4 Å². The molecule has 1 fully saturated rings. The Bertz CT molecular complexity index is 345. The van der Waals surface area contributed by atoms with E-state index in [-0.39, 0.29) is 0 Å². The molecule has 0 aromatic carbocycles. The Morgan fingerprint density at radius 1 is 1.56 bits per heavy atom. The fourth-order valence-corrected chi connectivity index (χ4v) is 2.18. The molecule has 16 heavy (non-hydrogen) atoms. The smallest absolute Gasteiger partial charge is 0.218 e. The maximum atomic E-state index is 5.12. The van der Waals surface area contributed by atoms with Crippen LogP contribution in [-0.2, 0) is 0 Å². The summed E-state index contributed by atoms with van der Waals surface area (Å²) >= 11 is 0. The highest BCUT2D eigenvalue weighted by molar-refractivity contribution is 5.43. The molecule has 5 nitrogen and oxygen atoms in total. The van der Waals surface area contributed by atoms with Crippen molar-refractivity contribution in [3.05, 3.63) is 12.4 Å². The normalized spacial score (nSPS) is 20.1. The van der Waals surface area contributed by atoms with Gasteiger partial charge in [-0.2, -0.15) is 0 Å². The number of hydrogen-bond acceptors (Lipinski definition) is 5. The Hall–Kier alpha value is -1.36. The van der Waals surface area contributed by atoms with Gasteiger partial charge in [0.1, 0.15) is 12.1 Å². The van der Waals surface area contributed by atoms with Crippen molar-refractivity contribution in [3.63, 3.8) is 0 Å². The van der Waals surface area contributed by atoms with E-state index in [0.717, 1.165) is 18.9 Å². The van der Waals surface area contributed by atoms with Gasteiger partial charge in [-0.3, -0.25) is 0 Å². The number of ether oxygens (including phenoxy) is 1. The van der Waals surface area contributed by atoms with Gasteiger partial charge in [-0.25, -0.2) is 9.97 Å². The van der Waals surface area contributed by atoms with Gasteiger partial charge in [0, 0.05) is 25.2 Å². The number of nitrogens with zero attached hydrogens (tertiary/aromatic N) is 3. The minimum absolute atomic E-state index is 0.532. The van der Waals surface area contributed by atoms with Crippen molar-refractivity contribution in [2.24, 2.45) is 0 Å². The molecule has 1 aliphatic rings. The molecule has 2 heterocycles. The van der Waals surface area contributed by atoms with Crippen LogP contribution in [0.1, 0.15) is 12.8 Å². The molecule has 0 bridgehead atoms. The van der Waals surface area contributed by atoms with E-state index < -0.39 is 0 Å². The van der Waals surface area contributed by atoms with E-state index in [2.05, 4.69) is 20.2 Å². The lowest BCUT2D eigenvalue weighted by Gasteiger charge is -2.25. The van der Waals surface area contributed by atoms with Crippen LogP contribution in [0, 0.1) is 0 Å². The molecular formula is C11H18N4O. The Morgan fingerprint density at radius 2 is 2.44 bits per heavy atom. The number of likely N-dealkylation sites (N-methyl/N-ethyl adjacent to an activating group) is 1. The predicted molar refractivity (Wildman–Crippen MR) is 62.9 cm³/mol. The van der Waals surface area contributed by atoms with Gasteiger partial charge in [0.15, 0.2) is 0 Å². The third-order valence-electron chi connectivity index (χ3n) is 2.95. The highest BCUT2D eigenvalue weighted by atomic mass is 16.5. The largest absolute Gasteiger partial charge is 0.481 e. The zero-order valence-electron chi connectivity index (χ0n) is 9.81. The molecule has 1 saturated heterocycles. The van der Waals surface area contributed by atoms with E-state index in [4.69, 9.17) is 4.74 Å². The van der Waals surface area contributed by atoms with Crippen molar-refractivity contribution in [3.8, 4) is 5.88 Å². The minimum Gasteiger partial charge on any atom is -0.481 e. The highest BCUT2D eigenvalue weighted by Crippen LogP contribution is 2.24. The van der Waals surface area contributed by atoms with E-state index in [1.54, 1.807) is 13.4 Å². The average molecular weight is 222 g/mol. The quantitative estimate of drug-likeness (QED) is 0.811. The van der Waals surface area contributed by atoms with Gasteiger partial charge < -0.3 is 15.0 Å². The summed E-state index contributed by atoms with van der Waals surface area (Å²) in [6.07, 6.45) is 3.99. The van der Waals surface area contributed by atoms with Crippen LogP contribution in [0.5, 0.6) is 5.88 Å². The third kappa shape index (κ3) is 2.24. The molecule has 1 aliphatic heterocycles. The fraction of sp³-hybridized carbons (Fsp3) is 0.636. The van der Waals surface area contributed by atoms with E-state index in [0.29, 0.717) is 11.9 Å². The lowest BCUT2D eigenvalue weighted by Crippen LogP contribution is -2.37. The molecule has 1 unspecified atom stereocenters. The Morgan fingerprint density at radius 3 is 3.19 bits per heavy atom. The van der Waals surface area contributed by atoms with Crippen molar-refractivity contribution in [2.75, 3.05) is 32.1 Å². The standard InChI is InChI=1S/C11H18N4O/c1-12-7-9-4-3-5-15(9)10-6-11(16-2)14-8-13-10/h6,8-9,12H,3-5,7H2,1-2H3. The minimum atomic E-state index is 0.532. The summed E-state index contributed by atoms with van der Waals surface area (Å²) in [5.41, 5.74) is 0. The van der Waals surface area contributed by atoms with Crippen molar-refractivity contribution in [1.29, 1.82) is 0 Å². The molecule has 0 saturated carbocycles.